The van der Waals surface area contributed by atoms with Gasteiger partial charge in [0.25, 0.3) is 0 Å². The Kier molecular flexibility index (Phi) is 12.3. The summed E-state index contributed by atoms with van der Waals surface area (Å²) in [6.07, 6.45) is 7.82. The summed E-state index contributed by atoms with van der Waals surface area (Å²) in [5, 5.41) is 4.97. The topological polar surface area (TPSA) is 94.2 Å². The molecule has 2 heterocycles. The Morgan fingerprint density at radius 2 is 1.54 bits per heavy atom. The highest BCUT2D eigenvalue weighted by molar-refractivity contribution is 6.36. The van der Waals surface area contributed by atoms with Crippen molar-refractivity contribution in [3.05, 3.63) is 56.5 Å². The van der Waals surface area contributed by atoms with Gasteiger partial charge in [-0.2, -0.15) is 0 Å². The molecule has 5 atom stereocenters. The van der Waals surface area contributed by atoms with Gasteiger partial charge >= 0.3 is 5.97 Å². The second-order valence-corrected chi connectivity index (χ2v) is 16.2. The summed E-state index contributed by atoms with van der Waals surface area (Å²) in [5.41, 5.74) is -0.662. The van der Waals surface area contributed by atoms with E-state index in [4.69, 9.17) is 60.6 Å². The van der Waals surface area contributed by atoms with Gasteiger partial charge in [0.2, 0.25) is 11.8 Å². The van der Waals surface area contributed by atoms with E-state index in [0.717, 1.165) is 19.5 Å². The Labute approximate surface area is 314 Å². The largest absolute Gasteiger partial charge is 0.492 e. The van der Waals surface area contributed by atoms with Crippen molar-refractivity contribution >= 4 is 64.2 Å². The van der Waals surface area contributed by atoms with E-state index < -0.39 is 23.5 Å². The van der Waals surface area contributed by atoms with Crippen LogP contribution in [0.2, 0.25) is 20.1 Å². The molecule has 0 radical (unpaired) electrons. The molecule has 2 aliphatic heterocycles. The normalized spacial score (nSPS) is 27.5. The van der Waals surface area contributed by atoms with Crippen molar-refractivity contribution in [3.8, 4) is 11.5 Å². The third-order valence-electron chi connectivity index (χ3n) is 11.4. The molecule has 2 aromatic rings. The van der Waals surface area contributed by atoms with Gasteiger partial charge in [0, 0.05) is 47.4 Å². The van der Waals surface area contributed by atoms with Gasteiger partial charge < -0.3 is 24.4 Å². The van der Waals surface area contributed by atoms with Crippen LogP contribution in [0.1, 0.15) is 77.6 Å². The van der Waals surface area contributed by atoms with E-state index >= 15 is 0 Å². The molecule has 7 rings (SSSR count). The van der Waals surface area contributed by atoms with Gasteiger partial charge in [-0.05, 0) is 119 Å². The van der Waals surface area contributed by atoms with Crippen molar-refractivity contribution in [1.82, 2.24) is 10.2 Å². The van der Waals surface area contributed by atoms with E-state index in [2.05, 4.69) is 10.2 Å². The molecule has 2 saturated heterocycles. The summed E-state index contributed by atoms with van der Waals surface area (Å²) >= 11 is 25.0. The first-order valence-electron chi connectivity index (χ1n) is 18.0. The van der Waals surface area contributed by atoms with E-state index in [1.807, 2.05) is 0 Å². The standard InChI is InChI=1S/C38H46Cl4N2O6/c1-2-48-37(47)35-36(43-33(45)4-3-17-49-30-11-9-26(39)18-28(30)41)25-15-16-38(35,20-25)32(50-31-12-10-27(40)19-29(31)42)13-14-34(46)44-21-23-5-6-24(22-44)8-7-23/h9-12,18-19,23-25,32,35-36H,2-8,13-17,20-22H2,1H3,(H,43,45)/t23?,24?,25?,32-,35-,36+,38-/m1/s1. The highest BCUT2D eigenvalue weighted by atomic mass is 35.5. The zero-order valence-electron chi connectivity index (χ0n) is 28.4. The van der Waals surface area contributed by atoms with Crippen LogP contribution in [-0.4, -0.2) is 61.1 Å². The van der Waals surface area contributed by atoms with Crippen LogP contribution in [0.4, 0.5) is 0 Å². The molecule has 12 heteroatoms. The fourth-order valence-corrected chi connectivity index (χ4v) is 9.95. The first kappa shape index (κ1) is 37.4. The maximum atomic E-state index is 13.9. The number of amides is 2. The minimum atomic E-state index is -0.662. The predicted molar refractivity (Wildman–Crippen MR) is 195 cm³/mol. The van der Waals surface area contributed by atoms with Gasteiger partial charge in [-0.1, -0.05) is 46.4 Å². The number of ether oxygens (including phenoxy) is 3. The zero-order valence-corrected chi connectivity index (χ0v) is 31.5. The smallest absolute Gasteiger partial charge is 0.311 e. The van der Waals surface area contributed by atoms with Crippen molar-refractivity contribution in [2.24, 2.45) is 29.1 Å². The lowest BCUT2D eigenvalue weighted by Gasteiger charge is -2.43. The number of hydrogen-bond acceptors (Lipinski definition) is 6. The Balaban J connectivity index is 1.18. The monoisotopic (exact) mass is 766 g/mol. The summed E-state index contributed by atoms with van der Waals surface area (Å²) in [6, 6.07) is 9.67. The first-order chi connectivity index (χ1) is 24.1. The summed E-state index contributed by atoms with van der Waals surface area (Å²) in [7, 11) is 0. The molecule has 50 heavy (non-hydrogen) atoms. The van der Waals surface area contributed by atoms with Gasteiger partial charge in [0.1, 0.15) is 17.6 Å². The van der Waals surface area contributed by atoms with Gasteiger partial charge in [-0.15, -0.1) is 0 Å². The molecule has 5 aliphatic rings. The number of rotatable bonds is 14. The van der Waals surface area contributed by atoms with Crippen LogP contribution in [0, 0.1) is 29.1 Å². The Morgan fingerprint density at radius 3 is 2.16 bits per heavy atom. The maximum Gasteiger partial charge on any atom is 0.311 e. The molecule has 1 unspecified atom stereocenters. The minimum Gasteiger partial charge on any atom is -0.492 e. The number of fused-ring (bicyclic) bond motifs is 6. The molecule has 5 fully saturated rings. The zero-order chi connectivity index (χ0) is 35.4. The highest BCUT2D eigenvalue weighted by Crippen LogP contribution is 2.61. The van der Waals surface area contributed by atoms with Crippen molar-refractivity contribution in [2.45, 2.75) is 89.7 Å². The molecule has 0 spiro atoms. The van der Waals surface area contributed by atoms with Gasteiger partial charge in [0.15, 0.2) is 0 Å². The molecule has 2 aromatic carbocycles. The second kappa shape index (κ2) is 16.5. The minimum absolute atomic E-state index is 0.0567. The van der Waals surface area contributed by atoms with Crippen LogP contribution in [0.15, 0.2) is 36.4 Å². The summed E-state index contributed by atoms with van der Waals surface area (Å²) in [4.78, 5) is 43.1. The van der Waals surface area contributed by atoms with Crippen LogP contribution in [0.5, 0.6) is 11.5 Å². The molecule has 0 aromatic heterocycles. The third-order valence-corrected chi connectivity index (χ3v) is 12.4. The highest BCUT2D eigenvalue weighted by Gasteiger charge is 2.65. The van der Waals surface area contributed by atoms with E-state index in [0.29, 0.717) is 82.1 Å². The summed E-state index contributed by atoms with van der Waals surface area (Å²) < 4.78 is 18.2. The number of nitrogens with zero attached hydrogens (tertiary/aromatic N) is 1. The Morgan fingerprint density at radius 1 is 0.900 bits per heavy atom. The van der Waals surface area contributed by atoms with Gasteiger partial charge in [-0.25, -0.2) is 0 Å². The Hall–Kier alpha value is -2.39. The predicted octanol–water partition coefficient (Wildman–Crippen LogP) is 8.80. The Bertz CT molecular complexity index is 1540. The quantitative estimate of drug-likeness (QED) is 0.153. The molecule has 3 saturated carbocycles. The molecule has 8 nitrogen and oxygen atoms in total. The number of hydrogen-bond donors (Lipinski definition) is 1. The summed E-state index contributed by atoms with van der Waals surface area (Å²) in [6.45, 7) is 3.92. The fourth-order valence-electron chi connectivity index (χ4n) is 9.04. The number of benzene rings is 2. The lowest BCUT2D eigenvalue weighted by atomic mass is 9.68. The molecule has 4 bridgehead atoms. The lowest BCUT2D eigenvalue weighted by Crippen LogP contribution is -2.54. The number of esters is 1. The van der Waals surface area contributed by atoms with Crippen LogP contribution in [0.3, 0.4) is 0 Å². The third kappa shape index (κ3) is 8.46. The fraction of sp³-hybridized carbons (Fsp3) is 0.605. The van der Waals surface area contributed by atoms with Crippen molar-refractivity contribution in [3.63, 3.8) is 0 Å². The number of halogens is 4. The van der Waals surface area contributed by atoms with E-state index in [9.17, 15) is 14.4 Å². The second-order valence-electron chi connectivity index (χ2n) is 14.5. The number of nitrogens with one attached hydrogen (secondary N) is 1. The van der Waals surface area contributed by atoms with Gasteiger partial charge in [-0.3, -0.25) is 14.4 Å². The van der Waals surface area contributed by atoms with Crippen LogP contribution >= 0.6 is 46.4 Å². The molecule has 1 N–H and O–H groups in total. The van der Waals surface area contributed by atoms with Crippen molar-refractivity contribution in [2.75, 3.05) is 26.3 Å². The first-order valence-corrected chi connectivity index (χ1v) is 19.5. The lowest BCUT2D eigenvalue weighted by molar-refractivity contribution is -0.157. The average Bonchev–Trinajstić information content (AvgIpc) is 3.48. The van der Waals surface area contributed by atoms with E-state index in [1.54, 1.807) is 43.3 Å². The molecule has 3 aliphatic carbocycles. The van der Waals surface area contributed by atoms with E-state index in [-0.39, 0.29) is 36.7 Å². The number of carbonyl (C=O) groups excluding carboxylic acids is 3. The number of carbonyl (C=O) groups is 3. The van der Waals surface area contributed by atoms with Crippen molar-refractivity contribution in [1.29, 1.82) is 0 Å². The molecule has 2 amide bonds. The van der Waals surface area contributed by atoms with Crippen molar-refractivity contribution < 1.29 is 28.6 Å². The van der Waals surface area contributed by atoms with Gasteiger partial charge in [0.05, 0.1) is 29.2 Å². The van der Waals surface area contributed by atoms with Crippen LogP contribution in [-0.2, 0) is 19.1 Å². The average molecular weight is 769 g/mol. The van der Waals surface area contributed by atoms with Crippen LogP contribution in [0.25, 0.3) is 0 Å². The maximum absolute atomic E-state index is 13.9. The SMILES string of the molecule is CCOC(=O)[C@H]1[C@@H](NC(=O)CCCOc2ccc(Cl)cc2Cl)C2CC[C@]1([C@@H](CCC(=O)N1CC3CCC(CC3)C1)Oc1ccc(Cl)cc1Cl)C2. The molecule has 272 valence electrons. The van der Waals surface area contributed by atoms with E-state index in [1.165, 1.54) is 25.7 Å². The molecular formula is C38H46Cl4N2O6. The molecular weight excluding hydrogens is 722 g/mol. The van der Waals surface area contributed by atoms with Crippen LogP contribution < -0.4 is 14.8 Å². The summed E-state index contributed by atoms with van der Waals surface area (Å²) in [5.74, 6) is 1.12.